The molecule has 0 amide bonds. The van der Waals surface area contributed by atoms with Crippen molar-refractivity contribution in [2.24, 2.45) is 23.2 Å². The van der Waals surface area contributed by atoms with E-state index in [1.54, 1.807) is 16.9 Å². The Bertz CT molecular complexity index is 827. The molecule has 3 aliphatic carbocycles. The summed E-state index contributed by atoms with van der Waals surface area (Å²) in [5.41, 5.74) is 3.14. The van der Waals surface area contributed by atoms with E-state index in [0.29, 0.717) is 48.7 Å². The van der Waals surface area contributed by atoms with Gasteiger partial charge >= 0.3 is 0 Å². The molecule has 0 aliphatic heterocycles. The van der Waals surface area contributed by atoms with Crippen molar-refractivity contribution in [1.82, 2.24) is 0 Å². The van der Waals surface area contributed by atoms with Gasteiger partial charge in [0.05, 0.1) is 17.1 Å². The van der Waals surface area contributed by atoms with Crippen molar-refractivity contribution in [2.45, 2.75) is 96.7 Å². The third-order valence-corrected chi connectivity index (χ3v) is 9.57. The summed E-state index contributed by atoms with van der Waals surface area (Å²) in [5.74, 6) is 2.35. The van der Waals surface area contributed by atoms with E-state index in [4.69, 9.17) is 0 Å². The molecule has 4 heteroatoms. The van der Waals surface area contributed by atoms with E-state index in [1.807, 2.05) is 17.5 Å². The fourth-order valence-electron chi connectivity index (χ4n) is 7.09. The van der Waals surface area contributed by atoms with Crippen LogP contribution in [0.4, 0.5) is 0 Å². The normalized spacial score (nSPS) is 36.4. The van der Waals surface area contributed by atoms with Gasteiger partial charge in [0.15, 0.2) is 5.78 Å². The number of carbonyl (C=O) groups is 1. The molecule has 1 heterocycles. The number of allylic oxidation sites excluding steroid dienone is 3. The monoisotopic (exact) mass is 456 g/mol. The highest BCUT2D eigenvalue weighted by Crippen LogP contribution is 2.59. The van der Waals surface area contributed by atoms with Gasteiger partial charge in [0.1, 0.15) is 0 Å². The molecule has 1 aromatic heterocycles. The van der Waals surface area contributed by atoms with Crippen LogP contribution in [0.25, 0.3) is 0 Å². The maximum Gasteiger partial charge on any atom is 0.172 e. The minimum absolute atomic E-state index is 0.302. The second-order valence-electron chi connectivity index (χ2n) is 10.9. The number of rotatable bonds is 7. The second-order valence-corrected chi connectivity index (χ2v) is 11.8. The summed E-state index contributed by atoms with van der Waals surface area (Å²) in [6.07, 6.45) is 14.8. The first kappa shape index (κ1) is 23.9. The van der Waals surface area contributed by atoms with E-state index in [1.165, 1.54) is 37.7 Å². The average Bonchev–Trinajstić information content (AvgIpc) is 3.39. The van der Waals surface area contributed by atoms with Gasteiger partial charge in [-0.2, -0.15) is 0 Å². The van der Waals surface area contributed by atoms with Crippen molar-refractivity contribution < 1.29 is 15.0 Å². The molecule has 2 N–H and O–H groups in total. The van der Waals surface area contributed by atoms with Gasteiger partial charge in [0.25, 0.3) is 0 Å². The fourth-order valence-corrected chi connectivity index (χ4v) is 7.79. The molecule has 0 radical (unpaired) electrons. The third kappa shape index (κ3) is 5.29. The SMILES string of the molecule is CC(CCCC(=O)c1cccs1)[C@H]1CCC2/C(=C\C=C3C[C@@H](O)C[C@@H](O)C3)CCC[C@@]21C. The van der Waals surface area contributed by atoms with E-state index in [0.717, 1.165) is 23.6 Å². The van der Waals surface area contributed by atoms with Gasteiger partial charge in [-0.15, -0.1) is 11.3 Å². The Hall–Kier alpha value is -1.23. The Morgan fingerprint density at radius 3 is 2.75 bits per heavy atom. The Kier molecular flexibility index (Phi) is 7.74. The summed E-state index contributed by atoms with van der Waals surface area (Å²) in [5, 5.41) is 22.0. The molecule has 1 aromatic rings. The molecule has 3 nitrogen and oxygen atoms in total. The molecule has 3 aliphatic rings. The zero-order chi connectivity index (χ0) is 22.7. The highest BCUT2D eigenvalue weighted by Gasteiger charge is 2.50. The van der Waals surface area contributed by atoms with Crippen molar-refractivity contribution in [2.75, 3.05) is 0 Å². The topological polar surface area (TPSA) is 57.5 Å². The van der Waals surface area contributed by atoms with Crippen LogP contribution >= 0.6 is 11.3 Å². The number of carbonyl (C=O) groups excluding carboxylic acids is 1. The van der Waals surface area contributed by atoms with Crippen molar-refractivity contribution in [3.63, 3.8) is 0 Å². The van der Waals surface area contributed by atoms with Crippen LogP contribution in [0.3, 0.4) is 0 Å². The predicted molar refractivity (Wildman–Crippen MR) is 132 cm³/mol. The molecule has 3 saturated carbocycles. The lowest BCUT2D eigenvalue weighted by Crippen LogP contribution is -2.36. The highest BCUT2D eigenvalue weighted by molar-refractivity contribution is 7.12. The van der Waals surface area contributed by atoms with E-state index >= 15 is 0 Å². The number of thiophene rings is 1. The average molecular weight is 457 g/mol. The Morgan fingerprint density at radius 2 is 2.03 bits per heavy atom. The van der Waals surface area contributed by atoms with Gasteiger partial charge in [0.2, 0.25) is 0 Å². The van der Waals surface area contributed by atoms with Crippen LogP contribution in [0, 0.1) is 23.2 Å². The van der Waals surface area contributed by atoms with Gasteiger partial charge in [-0.3, -0.25) is 4.79 Å². The van der Waals surface area contributed by atoms with Crippen LogP contribution in [0.15, 0.2) is 40.8 Å². The smallest absolute Gasteiger partial charge is 0.172 e. The van der Waals surface area contributed by atoms with Gasteiger partial charge in [-0.25, -0.2) is 0 Å². The van der Waals surface area contributed by atoms with Crippen molar-refractivity contribution in [1.29, 1.82) is 0 Å². The first-order valence-corrected chi connectivity index (χ1v) is 13.6. The summed E-state index contributed by atoms with van der Waals surface area (Å²) in [4.78, 5) is 13.3. The molecule has 0 saturated heterocycles. The summed E-state index contributed by atoms with van der Waals surface area (Å²) >= 11 is 1.56. The van der Waals surface area contributed by atoms with Crippen molar-refractivity contribution in [3.8, 4) is 0 Å². The molecule has 0 aromatic carbocycles. The maximum atomic E-state index is 12.4. The Morgan fingerprint density at radius 1 is 1.25 bits per heavy atom. The fraction of sp³-hybridized carbons (Fsp3) is 0.679. The van der Waals surface area contributed by atoms with Crippen LogP contribution in [-0.2, 0) is 0 Å². The lowest BCUT2D eigenvalue weighted by Gasteiger charge is -2.44. The van der Waals surface area contributed by atoms with E-state index in [2.05, 4.69) is 26.0 Å². The number of aliphatic hydroxyl groups excluding tert-OH is 2. The Balaban J connectivity index is 1.37. The van der Waals surface area contributed by atoms with Crippen molar-refractivity contribution in [3.05, 3.63) is 45.7 Å². The van der Waals surface area contributed by atoms with Crippen LogP contribution in [0.2, 0.25) is 0 Å². The molecule has 4 rings (SSSR count). The molecular weight excluding hydrogens is 416 g/mol. The highest BCUT2D eigenvalue weighted by atomic mass is 32.1. The molecule has 2 unspecified atom stereocenters. The van der Waals surface area contributed by atoms with E-state index in [9.17, 15) is 15.0 Å². The molecular formula is C28H40O3S. The Labute approximate surface area is 197 Å². The van der Waals surface area contributed by atoms with Gasteiger partial charge < -0.3 is 10.2 Å². The summed E-state index contributed by atoms with van der Waals surface area (Å²) in [6, 6.07) is 3.90. The number of hydrogen-bond donors (Lipinski definition) is 2. The van der Waals surface area contributed by atoms with Gasteiger partial charge in [0, 0.05) is 6.42 Å². The largest absolute Gasteiger partial charge is 0.393 e. The predicted octanol–water partition coefficient (Wildman–Crippen LogP) is 6.71. The quantitative estimate of drug-likeness (QED) is 0.448. The second kappa shape index (κ2) is 10.4. The van der Waals surface area contributed by atoms with Crippen molar-refractivity contribution >= 4 is 17.1 Å². The first-order chi connectivity index (χ1) is 15.4. The van der Waals surface area contributed by atoms with Crippen LogP contribution in [0.5, 0.6) is 0 Å². The molecule has 0 spiro atoms. The minimum Gasteiger partial charge on any atom is -0.393 e. The number of hydrogen-bond acceptors (Lipinski definition) is 4. The minimum atomic E-state index is -0.400. The molecule has 3 fully saturated rings. The van der Waals surface area contributed by atoms with Crippen LogP contribution < -0.4 is 0 Å². The first-order valence-electron chi connectivity index (χ1n) is 12.7. The van der Waals surface area contributed by atoms with Gasteiger partial charge in [-0.1, -0.05) is 43.2 Å². The lowest BCUT2D eigenvalue weighted by molar-refractivity contribution is 0.0609. The summed E-state index contributed by atoms with van der Waals surface area (Å²) < 4.78 is 0. The lowest BCUT2D eigenvalue weighted by atomic mass is 9.60. The molecule has 176 valence electrons. The summed E-state index contributed by atoms with van der Waals surface area (Å²) in [6.45, 7) is 4.94. The zero-order valence-corrected chi connectivity index (χ0v) is 20.6. The molecule has 6 atom stereocenters. The van der Waals surface area contributed by atoms with E-state index < -0.39 is 12.2 Å². The molecule has 0 bridgehead atoms. The van der Waals surface area contributed by atoms with Crippen LogP contribution in [-0.4, -0.2) is 28.2 Å². The number of fused-ring (bicyclic) bond motifs is 1. The number of Topliss-reactive ketones (excluding diaryl/α,β-unsaturated/α-hetero) is 1. The maximum absolute atomic E-state index is 12.4. The van der Waals surface area contributed by atoms with E-state index in [-0.39, 0.29) is 0 Å². The van der Waals surface area contributed by atoms with Crippen LogP contribution in [0.1, 0.15) is 94.1 Å². The third-order valence-electron chi connectivity index (χ3n) is 8.66. The zero-order valence-electron chi connectivity index (χ0n) is 19.8. The summed E-state index contributed by atoms with van der Waals surface area (Å²) in [7, 11) is 0. The number of aliphatic hydroxyl groups is 2. The number of ketones is 1. The van der Waals surface area contributed by atoms with Gasteiger partial charge in [-0.05, 0) is 98.8 Å². The molecule has 32 heavy (non-hydrogen) atoms. The standard InChI is InChI=1S/C28H40O3S/c1-19(6-3-8-26(31)27-9-5-15-32-27)24-12-13-25-21(7-4-14-28(24,25)2)11-10-20-16-22(29)18-23(30)17-20/h5,9-11,15,19,22-25,29-30H,3-4,6-8,12-14,16-18H2,1-2H3/b20-10?,21-11-/t19?,22-,23+,24-,25?,28-/m1/s1.